The lowest BCUT2D eigenvalue weighted by atomic mass is 10.0. The largest absolute Gasteiger partial charge is 0.543 e. The van der Waals surface area contributed by atoms with E-state index in [9.17, 15) is 29.4 Å². The quantitative estimate of drug-likeness (QED) is 0.0355. The number of aryl methyl sites for hydroxylation is 1. The molecular formula is C23H25N11O7S3. The molecule has 1 fully saturated rings. The summed E-state index contributed by atoms with van der Waals surface area (Å²) in [5, 5.41) is 33.1. The van der Waals surface area contributed by atoms with E-state index in [2.05, 4.69) is 25.5 Å². The van der Waals surface area contributed by atoms with Gasteiger partial charge in [-0.05, 0) is 12.0 Å². The molecule has 2 aliphatic rings. The highest BCUT2D eigenvalue weighted by atomic mass is 32.2. The van der Waals surface area contributed by atoms with Gasteiger partial charge in [0.15, 0.2) is 10.8 Å². The van der Waals surface area contributed by atoms with Gasteiger partial charge in [0.25, 0.3) is 11.8 Å². The van der Waals surface area contributed by atoms with Crippen molar-refractivity contribution in [1.29, 1.82) is 0 Å². The molecule has 2 amide bonds. The zero-order chi connectivity index (χ0) is 31.9. The molecule has 0 saturated carbocycles. The number of β-lactam (4-membered cyclic amide) rings is 1. The number of thiazole rings is 1. The number of carboxylic acid groups (broad SMARTS) is 2. The number of nitrogens with two attached hydrogens (primary N) is 3. The number of carbonyl (C=O) groups is 4. The zero-order valence-electron chi connectivity index (χ0n) is 23.0. The number of anilines is 3. The lowest BCUT2D eigenvalue weighted by Gasteiger charge is -2.50. The van der Waals surface area contributed by atoms with Crippen LogP contribution < -0.4 is 32.2 Å². The Morgan fingerprint density at radius 3 is 2.73 bits per heavy atom. The van der Waals surface area contributed by atoms with Crippen molar-refractivity contribution >= 4 is 86.9 Å². The Morgan fingerprint density at radius 1 is 1.34 bits per heavy atom. The van der Waals surface area contributed by atoms with Crippen molar-refractivity contribution in [3.63, 3.8) is 0 Å². The molecule has 1 unspecified atom stereocenters. The first-order valence-corrected chi connectivity index (χ1v) is 15.6. The second-order valence-corrected chi connectivity index (χ2v) is 12.3. The molecule has 3 aromatic rings. The first kappa shape index (κ1) is 30.8. The third-order valence-electron chi connectivity index (χ3n) is 6.59. The van der Waals surface area contributed by atoms with E-state index < -0.39 is 47.0 Å². The lowest BCUT2D eigenvalue weighted by Crippen LogP contribution is -2.71. The van der Waals surface area contributed by atoms with E-state index in [0.717, 1.165) is 28.0 Å². The Morgan fingerprint density at radius 2 is 2.09 bits per heavy atom. The molecule has 0 spiro atoms. The van der Waals surface area contributed by atoms with Crippen molar-refractivity contribution in [2.24, 2.45) is 12.2 Å². The number of hydrogen-bond acceptors (Lipinski definition) is 16. The predicted molar refractivity (Wildman–Crippen MR) is 157 cm³/mol. The number of carbonyl (C=O) groups excluding carboxylic acids is 3. The SMILES string of the molecule is CC[C@@H](O/N=C(\C(=O)NC1C(=O)N2C(C(=O)[O-])=C(CSc3nc(N)cc4n3nc(N)[n+]4C)CS[C@H]12)c1csc(N)n1)C(=O)O. The number of amides is 2. The Labute approximate surface area is 260 Å². The van der Waals surface area contributed by atoms with Gasteiger partial charge < -0.3 is 42.4 Å². The van der Waals surface area contributed by atoms with E-state index >= 15 is 0 Å². The highest BCUT2D eigenvalue weighted by molar-refractivity contribution is 8.01. The fourth-order valence-electron chi connectivity index (χ4n) is 4.35. The summed E-state index contributed by atoms with van der Waals surface area (Å²) >= 11 is 3.40. The molecule has 3 aromatic heterocycles. The zero-order valence-corrected chi connectivity index (χ0v) is 25.4. The van der Waals surface area contributed by atoms with E-state index in [4.69, 9.17) is 22.0 Å². The van der Waals surface area contributed by atoms with Gasteiger partial charge in [0.1, 0.15) is 22.9 Å². The van der Waals surface area contributed by atoms with Crippen molar-refractivity contribution < 1.29 is 38.8 Å². The second kappa shape index (κ2) is 12.2. The van der Waals surface area contributed by atoms with Crippen LogP contribution in [0.1, 0.15) is 19.0 Å². The molecule has 8 N–H and O–H groups in total. The maximum atomic E-state index is 13.2. The normalized spacial score (nSPS) is 19.0. The van der Waals surface area contributed by atoms with Gasteiger partial charge in [0.05, 0.1) is 18.7 Å². The van der Waals surface area contributed by atoms with E-state index in [1.54, 1.807) is 24.6 Å². The highest BCUT2D eigenvalue weighted by Crippen LogP contribution is 2.41. The number of oxime groups is 1. The van der Waals surface area contributed by atoms with Gasteiger partial charge in [-0.25, -0.2) is 14.3 Å². The number of nitrogens with one attached hydrogen (secondary N) is 1. The Balaban J connectivity index is 1.35. The summed E-state index contributed by atoms with van der Waals surface area (Å²) in [6.07, 6.45) is -1.27. The molecule has 232 valence electrons. The number of aromatic nitrogens is 5. The maximum absolute atomic E-state index is 13.2. The topological polar surface area (TPSA) is 273 Å². The molecular weight excluding hydrogens is 639 g/mol. The van der Waals surface area contributed by atoms with Gasteiger partial charge >= 0.3 is 11.9 Å². The molecule has 0 radical (unpaired) electrons. The average molecular weight is 664 g/mol. The summed E-state index contributed by atoms with van der Waals surface area (Å²) in [6.45, 7) is 1.56. The number of thioether (sulfide) groups is 2. The van der Waals surface area contributed by atoms with Crippen LogP contribution in [0.25, 0.3) is 5.65 Å². The highest BCUT2D eigenvalue weighted by Gasteiger charge is 2.53. The number of nitrogens with zero attached hydrogens (tertiary/aromatic N) is 7. The minimum atomic E-state index is -1.56. The summed E-state index contributed by atoms with van der Waals surface area (Å²) in [5.74, 6) is -3.69. The molecule has 18 nitrogen and oxygen atoms in total. The van der Waals surface area contributed by atoms with Crippen LogP contribution in [0.3, 0.4) is 0 Å². The summed E-state index contributed by atoms with van der Waals surface area (Å²) in [4.78, 5) is 64.5. The second-order valence-electron chi connectivity index (χ2n) is 9.39. The number of aliphatic carboxylic acids is 2. The van der Waals surface area contributed by atoms with Crippen molar-refractivity contribution in [3.8, 4) is 0 Å². The fraction of sp³-hybridized carbons (Fsp3) is 0.348. The first-order valence-electron chi connectivity index (χ1n) is 12.7. The minimum Gasteiger partial charge on any atom is -0.543 e. The van der Waals surface area contributed by atoms with Crippen LogP contribution in [0, 0.1) is 0 Å². The van der Waals surface area contributed by atoms with Gasteiger partial charge in [-0.15, -0.1) is 23.1 Å². The molecule has 0 aromatic carbocycles. The number of rotatable bonds is 11. The van der Waals surface area contributed by atoms with E-state index in [1.165, 1.54) is 21.7 Å². The minimum absolute atomic E-state index is 0.0107. The van der Waals surface area contributed by atoms with Crippen LogP contribution in [0.15, 0.2) is 33.0 Å². The monoisotopic (exact) mass is 663 g/mol. The third-order valence-corrected chi connectivity index (χ3v) is 9.62. The van der Waals surface area contributed by atoms with Gasteiger partial charge in [-0.1, -0.05) is 28.4 Å². The predicted octanol–water partition coefficient (Wildman–Crippen LogP) is -2.46. The Bertz CT molecular complexity index is 1750. The summed E-state index contributed by atoms with van der Waals surface area (Å²) in [7, 11) is 1.71. The third kappa shape index (κ3) is 5.67. The molecule has 5 heterocycles. The van der Waals surface area contributed by atoms with E-state index in [0.29, 0.717) is 16.4 Å². The fourth-order valence-corrected chi connectivity index (χ4v) is 7.34. The van der Waals surface area contributed by atoms with Gasteiger partial charge in [0, 0.05) is 28.1 Å². The Hall–Kier alpha value is -4.63. The maximum Gasteiger partial charge on any atom is 0.376 e. The number of fused-ring (bicyclic) bond motifs is 2. The number of carboxylic acids is 2. The van der Waals surface area contributed by atoms with Crippen LogP contribution in [-0.2, 0) is 31.1 Å². The molecule has 0 aliphatic carbocycles. The van der Waals surface area contributed by atoms with Crippen LogP contribution in [0.5, 0.6) is 0 Å². The Kier molecular flexibility index (Phi) is 8.52. The molecule has 5 rings (SSSR count). The lowest BCUT2D eigenvalue weighted by molar-refractivity contribution is -0.631. The molecule has 0 bridgehead atoms. The number of hydrogen-bond donors (Lipinski definition) is 5. The van der Waals surface area contributed by atoms with Gasteiger partial charge in [-0.3, -0.25) is 14.5 Å². The van der Waals surface area contributed by atoms with Crippen LogP contribution in [-0.4, -0.2) is 88.1 Å². The van der Waals surface area contributed by atoms with E-state index in [-0.39, 0.29) is 46.2 Å². The van der Waals surface area contributed by atoms with Crippen molar-refractivity contribution in [1.82, 2.24) is 29.8 Å². The van der Waals surface area contributed by atoms with Crippen LogP contribution in [0.4, 0.5) is 16.9 Å². The number of nitrogen functional groups attached to an aromatic ring is 3. The molecule has 21 heteroatoms. The molecule has 3 atom stereocenters. The molecule has 44 heavy (non-hydrogen) atoms. The van der Waals surface area contributed by atoms with E-state index in [1.807, 2.05) is 0 Å². The summed E-state index contributed by atoms with van der Waals surface area (Å²) in [6, 6.07) is 0.467. The smallest absolute Gasteiger partial charge is 0.376 e. The summed E-state index contributed by atoms with van der Waals surface area (Å²) in [5.41, 5.74) is 17.8. The molecule has 1 saturated heterocycles. The molecule has 2 aliphatic heterocycles. The standard InChI is InChI=1S/C23H25N11O7S3/c1-3-10(19(37)38)41-31-13(9-7-43-22(26)27-9)16(35)29-14-17(36)33-15(20(39)40)8(5-42-18(14)33)6-44-23-28-11(24)4-12-32(2)21(25)30-34(12)23/h4,7,10,14,18,24H,3,5-6H2,1-2H3,(H7,25,26,27,29,30,35,37,38,39,40)/b31-13-/t10-,14?,18-/m1/s1. The van der Waals surface area contributed by atoms with Gasteiger partial charge in [-0.2, -0.15) is 4.98 Å². The van der Waals surface area contributed by atoms with Crippen LogP contribution >= 0.6 is 34.9 Å². The first-order chi connectivity index (χ1) is 20.9. The van der Waals surface area contributed by atoms with Gasteiger partial charge in [0.2, 0.25) is 16.9 Å². The van der Waals surface area contributed by atoms with Crippen LogP contribution in [0.2, 0.25) is 0 Å². The summed E-state index contributed by atoms with van der Waals surface area (Å²) < 4.78 is 3.09. The van der Waals surface area contributed by atoms with Crippen molar-refractivity contribution in [2.45, 2.75) is 36.0 Å². The average Bonchev–Trinajstić information content (AvgIpc) is 3.53. The van der Waals surface area contributed by atoms with Crippen molar-refractivity contribution in [2.75, 3.05) is 28.7 Å². The van der Waals surface area contributed by atoms with Crippen molar-refractivity contribution in [3.05, 3.63) is 28.4 Å².